The van der Waals surface area contributed by atoms with E-state index < -0.39 is 0 Å². The van der Waals surface area contributed by atoms with Gasteiger partial charge >= 0.3 is 0 Å². The Labute approximate surface area is 161 Å². The van der Waals surface area contributed by atoms with Gasteiger partial charge in [0.2, 0.25) is 0 Å². The second-order valence-corrected chi connectivity index (χ2v) is 7.76. The lowest BCUT2D eigenvalue weighted by Crippen LogP contribution is -2.29. The summed E-state index contributed by atoms with van der Waals surface area (Å²) in [6.07, 6.45) is 0.903. The highest BCUT2D eigenvalue weighted by Gasteiger charge is 2.22. The van der Waals surface area contributed by atoms with E-state index >= 15 is 0 Å². The molecule has 0 saturated heterocycles. The monoisotopic (exact) mass is 383 g/mol. The van der Waals surface area contributed by atoms with E-state index in [4.69, 9.17) is 11.6 Å². The van der Waals surface area contributed by atoms with Crippen molar-refractivity contribution in [3.8, 4) is 0 Å². The summed E-state index contributed by atoms with van der Waals surface area (Å²) >= 11 is 7.65. The zero-order valence-corrected chi connectivity index (χ0v) is 15.7. The molecule has 1 aliphatic rings. The predicted octanol–water partition coefficient (Wildman–Crippen LogP) is 4.61. The number of carbonyl (C=O) groups is 1. The normalized spacial score (nSPS) is 14.0. The van der Waals surface area contributed by atoms with Crippen LogP contribution in [0.1, 0.15) is 26.5 Å². The number of anilines is 1. The topological polar surface area (TPSA) is 45.2 Å². The average Bonchev–Trinajstić information content (AvgIpc) is 3.04. The summed E-state index contributed by atoms with van der Waals surface area (Å²) in [5, 5.41) is 3.97. The van der Waals surface area contributed by atoms with Gasteiger partial charge < -0.3 is 0 Å². The third kappa shape index (κ3) is 3.80. The number of benzene rings is 2. The Balaban J connectivity index is 1.44. The van der Waals surface area contributed by atoms with E-state index in [9.17, 15) is 4.79 Å². The molecule has 0 atom stereocenters. The van der Waals surface area contributed by atoms with Gasteiger partial charge in [-0.05, 0) is 17.7 Å². The first-order valence-corrected chi connectivity index (χ1v) is 9.69. The molecule has 0 saturated carbocycles. The molecule has 26 heavy (non-hydrogen) atoms. The van der Waals surface area contributed by atoms with Gasteiger partial charge in [0.15, 0.2) is 5.13 Å². The van der Waals surface area contributed by atoms with Gasteiger partial charge in [-0.1, -0.05) is 54.1 Å². The number of fused-ring (bicyclic) bond motifs is 1. The summed E-state index contributed by atoms with van der Waals surface area (Å²) in [5.41, 5.74) is 2.87. The summed E-state index contributed by atoms with van der Waals surface area (Å²) in [6.45, 7) is 2.77. The molecule has 0 fully saturated rings. The molecule has 1 amide bonds. The highest BCUT2D eigenvalue weighted by atomic mass is 35.5. The number of aromatic nitrogens is 1. The molecule has 132 valence electrons. The molecule has 2 aromatic carbocycles. The lowest BCUT2D eigenvalue weighted by molar-refractivity contribution is 0.102. The van der Waals surface area contributed by atoms with Gasteiger partial charge in [0.05, 0.1) is 16.3 Å². The van der Waals surface area contributed by atoms with Crippen LogP contribution in [-0.4, -0.2) is 22.3 Å². The standard InChI is InChI=1S/C20H18ClN3OS/c21-16-9-5-4-8-15(16)19(25)23-20-22-17-10-11-24(13-18(17)26-20)12-14-6-2-1-3-7-14/h1-9H,10-13H2,(H,22,23,25). The number of thiazole rings is 1. The minimum atomic E-state index is -0.220. The second-order valence-electron chi connectivity index (χ2n) is 6.27. The number of hydrogen-bond acceptors (Lipinski definition) is 4. The maximum absolute atomic E-state index is 12.4. The first-order valence-electron chi connectivity index (χ1n) is 8.50. The lowest BCUT2D eigenvalue weighted by atomic mass is 10.1. The first kappa shape index (κ1) is 17.2. The molecule has 4 nitrogen and oxygen atoms in total. The average molecular weight is 384 g/mol. The van der Waals surface area contributed by atoms with Crippen LogP contribution in [0.3, 0.4) is 0 Å². The molecule has 2 heterocycles. The Kier molecular flexibility index (Phi) is 5.02. The second kappa shape index (κ2) is 7.58. The van der Waals surface area contributed by atoms with Crippen LogP contribution >= 0.6 is 22.9 Å². The molecule has 6 heteroatoms. The molecule has 0 radical (unpaired) electrons. The van der Waals surface area contributed by atoms with Crippen molar-refractivity contribution in [2.45, 2.75) is 19.5 Å². The third-order valence-corrected chi connectivity index (χ3v) is 5.73. The zero-order chi connectivity index (χ0) is 17.9. The van der Waals surface area contributed by atoms with Gasteiger partial charge in [0.1, 0.15) is 0 Å². The molecule has 1 aliphatic heterocycles. The smallest absolute Gasteiger partial charge is 0.258 e. The van der Waals surface area contributed by atoms with Crippen molar-refractivity contribution in [2.24, 2.45) is 0 Å². The molecule has 3 aromatic rings. The number of rotatable bonds is 4. The fourth-order valence-electron chi connectivity index (χ4n) is 3.09. The SMILES string of the molecule is O=C(Nc1nc2c(s1)CN(Cc1ccccc1)CC2)c1ccccc1Cl. The number of carbonyl (C=O) groups excluding carboxylic acids is 1. The number of amides is 1. The van der Waals surface area contributed by atoms with Crippen molar-refractivity contribution in [1.82, 2.24) is 9.88 Å². The number of nitrogens with zero attached hydrogens (tertiary/aromatic N) is 2. The maximum atomic E-state index is 12.4. The van der Waals surface area contributed by atoms with Gasteiger partial charge in [-0.25, -0.2) is 4.98 Å². The van der Waals surface area contributed by atoms with E-state index in [-0.39, 0.29) is 5.91 Å². The predicted molar refractivity (Wildman–Crippen MR) is 106 cm³/mol. The van der Waals surface area contributed by atoms with Crippen molar-refractivity contribution in [2.75, 3.05) is 11.9 Å². The van der Waals surface area contributed by atoms with Gasteiger partial charge in [0.25, 0.3) is 5.91 Å². The molecule has 0 aliphatic carbocycles. The van der Waals surface area contributed by atoms with Crippen LogP contribution in [0.4, 0.5) is 5.13 Å². The van der Waals surface area contributed by atoms with Crippen LogP contribution < -0.4 is 5.32 Å². The summed E-state index contributed by atoms with van der Waals surface area (Å²) in [4.78, 5) is 20.7. The van der Waals surface area contributed by atoms with E-state index in [1.165, 1.54) is 10.4 Å². The van der Waals surface area contributed by atoms with Crippen LogP contribution in [0, 0.1) is 0 Å². The lowest BCUT2D eigenvalue weighted by Gasteiger charge is -2.25. The summed E-state index contributed by atoms with van der Waals surface area (Å²) in [5.74, 6) is -0.220. The highest BCUT2D eigenvalue weighted by molar-refractivity contribution is 7.15. The fraction of sp³-hybridized carbons (Fsp3) is 0.200. The highest BCUT2D eigenvalue weighted by Crippen LogP contribution is 2.29. The summed E-state index contributed by atoms with van der Waals surface area (Å²) < 4.78 is 0. The van der Waals surface area contributed by atoms with E-state index in [0.717, 1.165) is 31.7 Å². The van der Waals surface area contributed by atoms with E-state index in [1.807, 2.05) is 12.1 Å². The fourth-order valence-corrected chi connectivity index (χ4v) is 4.36. The summed E-state index contributed by atoms with van der Waals surface area (Å²) in [6, 6.07) is 17.5. The van der Waals surface area contributed by atoms with Crippen LogP contribution in [0.15, 0.2) is 54.6 Å². The molecule has 1 aromatic heterocycles. The molecule has 4 rings (SSSR count). The van der Waals surface area contributed by atoms with Crippen molar-refractivity contribution < 1.29 is 4.79 Å². The van der Waals surface area contributed by atoms with E-state index in [0.29, 0.717) is 15.7 Å². The van der Waals surface area contributed by atoms with Crippen LogP contribution in [0.25, 0.3) is 0 Å². The number of halogens is 1. The maximum Gasteiger partial charge on any atom is 0.258 e. The van der Waals surface area contributed by atoms with Crippen molar-refractivity contribution in [3.63, 3.8) is 0 Å². The van der Waals surface area contributed by atoms with E-state index in [2.05, 4.69) is 39.5 Å². The van der Waals surface area contributed by atoms with Crippen molar-refractivity contribution in [3.05, 3.63) is 81.3 Å². The van der Waals surface area contributed by atoms with Gasteiger partial charge in [0, 0.05) is 30.9 Å². The molecular weight excluding hydrogens is 366 g/mol. The largest absolute Gasteiger partial charge is 0.298 e. The van der Waals surface area contributed by atoms with Gasteiger partial charge in [-0.15, -0.1) is 11.3 Å². The minimum Gasteiger partial charge on any atom is -0.298 e. The minimum absolute atomic E-state index is 0.220. The summed E-state index contributed by atoms with van der Waals surface area (Å²) in [7, 11) is 0. The molecule has 0 spiro atoms. The first-order chi connectivity index (χ1) is 12.7. The Morgan fingerprint density at radius 1 is 1.15 bits per heavy atom. The van der Waals surface area contributed by atoms with Crippen LogP contribution in [0.2, 0.25) is 5.02 Å². The Hall–Kier alpha value is -2.21. The van der Waals surface area contributed by atoms with Crippen LogP contribution in [0.5, 0.6) is 0 Å². The molecule has 0 bridgehead atoms. The Morgan fingerprint density at radius 2 is 1.92 bits per heavy atom. The van der Waals surface area contributed by atoms with Crippen molar-refractivity contribution >= 4 is 34.0 Å². The molecule has 1 N–H and O–H groups in total. The van der Waals surface area contributed by atoms with Gasteiger partial charge in [-0.2, -0.15) is 0 Å². The Morgan fingerprint density at radius 3 is 2.73 bits per heavy atom. The molecule has 0 unspecified atom stereocenters. The number of nitrogens with one attached hydrogen (secondary N) is 1. The Bertz CT molecular complexity index is 926. The van der Waals surface area contributed by atoms with Gasteiger partial charge in [-0.3, -0.25) is 15.0 Å². The zero-order valence-electron chi connectivity index (χ0n) is 14.1. The molecular formula is C20H18ClN3OS. The third-order valence-electron chi connectivity index (χ3n) is 4.40. The van der Waals surface area contributed by atoms with E-state index in [1.54, 1.807) is 29.5 Å². The van der Waals surface area contributed by atoms with Crippen LogP contribution in [-0.2, 0) is 19.5 Å². The quantitative estimate of drug-likeness (QED) is 0.715. The van der Waals surface area contributed by atoms with Crippen molar-refractivity contribution in [1.29, 1.82) is 0 Å². The number of hydrogen-bond donors (Lipinski definition) is 1.